The van der Waals surface area contributed by atoms with Gasteiger partial charge in [0.2, 0.25) is 10.0 Å². The standard InChI is InChI=1S/C9H18ClNO2S/c1-3-4-5-6-11-14(12,13)8-9(2)7-10/h3-4,9,11H,5-8H2,1-2H3/b4-3+. The van der Waals surface area contributed by atoms with E-state index in [1.807, 2.05) is 26.0 Å². The van der Waals surface area contributed by atoms with Crippen LogP contribution in [0.5, 0.6) is 0 Å². The van der Waals surface area contributed by atoms with Crippen molar-refractivity contribution in [3.63, 3.8) is 0 Å². The number of hydrogen-bond acceptors (Lipinski definition) is 2. The summed E-state index contributed by atoms with van der Waals surface area (Å²) < 4.78 is 25.3. The molecule has 0 aliphatic heterocycles. The van der Waals surface area contributed by atoms with Crippen LogP contribution in [0.2, 0.25) is 0 Å². The fraction of sp³-hybridized carbons (Fsp3) is 0.778. The van der Waals surface area contributed by atoms with Crippen LogP contribution in [0, 0.1) is 5.92 Å². The van der Waals surface area contributed by atoms with Crippen LogP contribution < -0.4 is 4.72 Å². The average Bonchev–Trinajstić information content (AvgIpc) is 2.12. The van der Waals surface area contributed by atoms with Gasteiger partial charge < -0.3 is 0 Å². The van der Waals surface area contributed by atoms with Crippen molar-refractivity contribution in [1.82, 2.24) is 4.72 Å². The number of sulfonamides is 1. The van der Waals surface area contributed by atoms with E-state index in [1.54, 1.807) is 0 Å². The number of halogens is 1. The minimum absolute atomic E-state index is 0.00381. The molecule has 0 bridgehead atoms. The first-order valence-electron chi connectivity index (χ1n) is 4.66. The maximum atomic E-state index is 11.4. The van der Waals surface area contributed by atoms with E-state index in [-0.39, 0.29) is 11.7 Å². The third-order valence-electron chi connectivity index (χ3n) is 1.64. The van der Waals surface area contributed by atoms with Crippen LogP contribution in [0.3, 0.4) is 0 Å². The molecule has 0 aliphatic carbocycles. The molecule has 1 unspecified atom stereocenters. The van der Waals surface area contributed by atoms with Gasteiger partial charge in [-0.25, -0.2) is 13.1 Å². The van der Waals surface area contributed by atoms with E-state index in [0.717, 1.165) is 6.42 Å². The van der Waals surface area contributed by atoms with Crippen LogP contribution in [-0.2, 0) is 10.0 Å². The molecule has 0 aromatic rings. The van der Waals surface area contributed by atoms with Crippen molar-refractivity contribution in [3.05, 3.63) is 12.2 Å². The van der Waals surface area contributed by atoms with Gasteiger partial charge in [0.1, 0.15) is 0 Å². The van der Waals surface area contributed by atoms with Crippen LogP contribution >= 0.6 is 11.6 Å². The van der Waals surface area contributed by atoms with Gasteiger partial charge >= 0.3 is 0 Å². The van der Waals surface area contributed by atoms with Gasteiger partial charge in [0.05, 0.1) is 5.75 Å². The molecule has 0 saturated heterocycles. The smallest absolute Gasteiger partial charge is 0.211 e. The van der Waals surface area contributed by atoms with Crippen LogP contribution in [0.15, 0.2) is 12.2 Å². The summed E-state index contributed by atoms with van der Waals surface area (Å²) in [7, 11) is -3.14. The largest absolute Gasteiger partial charge is 0.215 e. The Morgan fingerprint density at radius 2 is 2.14 bits per heavy atom. The van der Waals surface area contributed by atoms with Crippen molar-refractivity contribution in [3.8, 4) is 0 Å². The first-order valence-corrected chi connectivity index (χ1v) is 6.85. The second-order valence-electron chi connectivity index (χ2n) is 3.29. The number of allylic oxidation sites excluding steroid dienone is 1. The molecule has 0 heterocycles. The highest BCUT2D eigenvalue weighted by molar-refractivity contribution is 7.89. The maximum absolute atomic E-state index is 11.4. The number of hydrogen-bond donors (Lipinski definition) is 1. The van der Waals surface area contributed by atoms with Gasteiger partial charge in [-0.1, -0.05) is 19.1 Å². The Morgan fingerprint density at radius 3 is 2.64 bits per heavy atom. The third kappa shape index (κ3) is 7.35. The first kappa shape index (κ1) is 13.9. The lowest BCUT2D eigenvalue weighted by Crippen LogP contribution is -2.30. The molecule has 0 aromatic heterocycles. The molecule has 84 valence electrons. The van der Waals surface area contributed by atoms with E-state index in [4.69, 9.17) is 11.6 Å². The predicted octanol–water partition coefficient (Wildman–Crippen LogP) is 1.75. The molecule has 0 aliphatic rings. The van der Waals surface area contributed by atoms with E-state index < -0.39 is 10.0 Å². The van der Waals surface area contributed by atoms with Crippen molar-refractivity contribution in [2.45, 2.75) is 20.3 Å². The Morgan fingerprint density at radius 1 is 1.50 bits per heavy atom. The molecule has 3 nitrogen and oxygen atoms in total. The summed E-state index contributed by atoms with van der Waals surface area (Å²) in [5, 5.41) is 0. The van der Waals surface area contributed by atoms with E-state index in [0.29, 0.717) is 12.4 Å². The highest BCUT2D eigenvalue weighted by Crippen LogP contribution is 2.01. The fourth-order valence-corrected chi connectivity index (χ4v) is 2.59. The Balaban J connectivity index is 3.84. The molecule has 0 spiro atoms. The summed E-state index contributed by atoms with van der Waals surface area (Å²) in [6.07, 6.45) is 4.55. The third-order valence-corrected chi connectivity index (χ3v) is 3.81. The van der Waals surface area contributed by atoms with Gasteiger partial charge in [-0.3, -0.25) is 0 Å². The molecule has 1 N–H and O–H groups in total. The summed E-state index contributed by atoms with van der Waals surface area (Å²) in [6, 6.07) is 0. The average molecular weight is 240 g/mol. The minimum atomic E-state index is -3.14. The van der Waals surface area contributed by atoms with E-state index >= 15 is 0 Å². The van der Waals surface area contributed by atoms with Gasteiger partial charge in [-0.05, 0) is 19.3 Å². The zero-order valence-electron chi connectivity index (χ0n) is 8.66. The maximum Gasteiger partial charge on any atom is 0.211 e. The van der Waals surface area contributed by atoms with Crippen LogP contribution in [0.25, 0.3) is 0 Å². The lowest BCUT2D eigenvalue weighted by atomic mass is 10.3. The summed E-state index contributed by atoms with van der Waals surface area (Å²) >= 11 is 5.54. The van der Waals surface area contributed by atoms with Gasteiger partial charge in [0.15, 0.2) is 0 Å². The molecule has 1 atom stereocenters. The molecule has 0 radical (unpaired) electrons. The molecular formula is C9H18ClNO2S. The number of rotatable bonds is 7. The predicted molar refractivity (Wildman–Crippen MR) is 61.1 cm³/mol. The van der Waals surface area contributed by atoms with Gasteiger partial charge in [-0.15, -0.1) is 11.6 Å². The van der Waals surface area contributed by atoms with E-state index in [9.17, 15) is 8.42 Å². The molecule has 0 saturated carbocycles. The highest BCUT2D eigenvalue weighted by Gasteiger charge is 2.13. The molecule has 5 heteroatoms. The Bertz CT molecular complexity index is 262. The number of alkyl halides is 1. The lowest BCUT2D eigenvalue weighted by molar-refractivity contribution is 0.569. The summed E-state index contributed by atoms with van der Waals surface area (Å²) in [5.41, 5.74) is 0. The Hall–Kier alpha value is -0.0600. The Labute approximate surface area is 91.6 Å². The van der Waals surface area contributed by atoms with E-state index in [1.165, 1.54) is 0 Å². The molecule has 0 rings (SSSR count). The monoisotopic (exact) mass is 239 g/mol. The van der Waals surface area contributed by atoms with Gasteiger partial charge in [0.25, 0.3) is 0 Å². The minimum Gasteiger partial charge on any atom is -0.215 e. The van der Waals surface area contributed by atoms with Crippen molar-refractivity contribution in [2.24, 2.45) is 5.92 Å². The first-order chi connectivity index (χ1) is 6.52. The lowest BCUT2D eigenvalue weighted by Gasteiger charge is -2.08. The van der Waals surface area contributed by atoms with Gasteiger partial charge in [-0.2, -0.15) is 0 Å². The molecule has 0 aromatic carbocycles. The quantitative estimate of drug-likeness (QED) is 0.418. The Kier molecular flexibility index (Phi) is 7.23. The normalized spacial score (nSPS) is 14.8. The van der Waals surface area contributed by atoms with Crippen molar-refractivity contribution >= 4 is 21.6 Å². The summed E-state index contributed by atoms with van der Waals surface area (Å²) in [6.45, 7) is 4.18. The molecule has 0 fully saturated rings. The summed E-state index contributed by atoms with van der Waals surface area (Å²) in [4.78, 5) is 0. The second-order valence-corrected chi connectivity index (χ2v) is 5.45. The van der Waals surface area contributed by atoms with Crippen LogP contribution in [-0.4, -0.2) is 26.6 Å². The van der Waals surface area contributed by atoms with E-state index in [2.05, 4.69) is 4.72 Å². The highest BCUT2D eigenvalue weighted by atomic mass is 35.5. The zero-order chi connectivity index (χ0) is 11.0. The number of nitrogens with one attached hydrogen (secondary N) is 1. The van der Waals surface area contributed by atoms with Crippen LogP contribution in [0.1, 0.15) is 20.3 Å². The molecule has 0 amide bonds. The van der Waals surface area contributed by atoms with Gasteiger partial charge in [0, 0.05) is 12.4 Å². The topological polar surface area (TPSA) is 46.2 Å². The van der Waals surface area contributed by atoms with Crippen LogP contribution in [0.4, 0.5) is 0 Å². The molecule has 14 heavy (non-hydrogen) atoms. The molecular weight excluding hydrogens is 222 g/mol. The fourth-order valence-electron chi connectivity index (χ4n) is 0.942. The van der Waals surface area contributed by atoms with Crippen molar-refractivity contribution in [2.75, 3.05) is 18.2 Å². The van der Waals surface area contributed by atoms with Crippen molar-refractivity contribution in [1.29, 1.82) is 0 Å². The van der Waals surface area contributed by atoms with Crippen molar-refractivity contribution < 1.29 is 8.42 Å². The zero-order valence-corrected chi connectivity index (χ0v) is 10.2. The second kappa shape index (κ2) is 7.26. The SMILES string of the molecule is C/C=C/CCNS(=O)(=O)CC(C)CCl. The summed E-state index contributed by atoms with van der Waals surface area (Å²) in [5.74, 6) is 0.471.